The Hall–Kier alpha value is -5.44. The Morgan fingerprint density at radius 3 is 2.16 bits per heavy atom. The van der Waals surface area contributed by atoms with Gasteiger partial charge in [0.1, 0.15) is 17.9 Å². The SMILES string of the molecule is C=C/C=C\C(=C/C)N1C(=O)/C(=C/c2ccc(OCc3ccc(Cl)cc3)cc2)C(=O)N=C1SCC(=O)NC(c1ccccc1)c1ccccc1. The number of nitrogens with zero attached hydrogens (tertiary/aromatic N) is 2. The summed E-state index contributed by atoms with van der Waals surface area (Å²) in [4.78, 5) is 46.3. The van der Waals surface area contributed by atoms with Crippen molar-refractivity contribution in [1.82, 2.24) is 10.2 Å². The van der Waals surface area contributed by atoms with E-state index >= 15 is 0 Å². The average Bonchev–Trinajstić information content (AvgIpc) is 3.13. The topological polar surface area (TPSA) is 88.1 Å². The molecule has 0 saturated heterocycles. The molecule has 0 atom stereocenters. The molecule has 49 heavy (non-hydrogen) atoms. The lowest BCUT2D eigenvalue weighted by Crippen LogP contribution is -2.42. The molecule has 0 unspecified atom stereocenters. The van der Waals surface area contributed by atoms with Crippen LogP contribution in [0.2, 0.25) is 5.02 Å². The molecule has 1 aliphatic heterocycles. The number of hydrogen-bond acceptors (Lipinski definition) is 5. The van der Waals surface area contributed by atoms with Crippen molar-refractivity contribution in [3.63, 3.8) is 0 Å². The van der Waals surface area contributed by atoms with Gasteiger partial charge in [-0.1, -0.05) is 133 Å². The summed E-state index contributed by atoms with van der Waals surface area (Å²) in [5.74, 6) is -0.984. The average molecular weight is 688 g/mol. The number of carbonyl (C=O) groups excluding carboxylic acids is 3. The molecule has 1 heterocycles. The third-order valence-corrected chi connectivity index (χ3v) is 8.61. The zero-order valence-electron chi connectivity index (χ0n) is 26.8. The molecule has 9 heteroatoms. The minimum absolute atomic E-state index is 0.0786. The van der Waals surface area contributed by atoms with Crippen LogP contribution in [0.1, 0.15) is 35.2 Å². The second kappa shape index (κ2) is 17.1. The minimum atomic E-state index is -0.693. The van der Waals surface area contributed by atoms with E-state index in [0.29, 0.717) is 28.6 Å². The molecule has 5 rings (SSSR count). The van der Waals surface area contributed by atoms with Crippen LogP contribution in [0.5, 0.6) is 5.75 Å². The third-order valence-electron chi connectivity index (χ3n) is 7.42. The second-order valence-electron chi connectivity index (χ2n) is 10.8. The molecule has 246 valence electrons. The molecule has 1 N–H and O–H groups in total. The number of hydrogen-bond donors (Lipinski definition) is 1. The van der Waals surface area contributed by atoms with Gasteiger partial charge in [-0.2, -0.15) is 4.99 Å². The quantitative estimate of drug-likeness (QED) is 0.0920. The van der Waals surface area contributed by atoms with Crippen LogP contribution in [0.3, 0.4) is 0 Å². The van der Waals surface area contributed by atoms with Crippen LogP contribution in [0, 0.1) is 0 Å². The largest absolute Gasteiger partial charge is 0.489 e. The number of nitrogens with one attached hydrogen (secondary N) is 1. The number of amides is 3. The first-order valence-corrected chi connectivity index (χ1v) is 16.9. The summed E-state index contributed by atoms with van der Waals surface area (Å²) in [6.45, 7) is 5.86. The maximum absolute atomic E-state index is 14.0. The Kier molecular flexibility index (Phi) is 12.2. The van der Waals surface area contributed by atoms with E-state index in [4.69, 9.17) is 16.3 Å². The summed E-state index contributed by atoms with van der Waals surface area (Å²) >= 11 is 6.98. The van der Waals surface area contributed by atoms with E-state index < -0.39 is 11.8 Å². The molecule has 0 radical (unpaired) electrons. The molecule has 7 nitrogen and oxygen atoms in total. The van der Waals surface area contributed by atoms with E-state index in [1.807, 2.05) is 72.8 Å². The number of amidine groups is 1. The fourth-order valence-corrected chi connectivity index (χ4v) is 5.90. The van der Waals surface area contributed by atoms with Gasteiger partial charge in [0.25, 0.3) is 11.8 Å². The third kappa shape index (κ3) is 9.34. The molecular weight excluding hydrogens is 654 g/mol. The molecule has 3 amide bonds. The highest BCUT2D eigenvalue weighted by Gasteiger charge is 2.35. The van der Waals surface area contributed by atoms with Gasteiger partial charge < -0.3 is 10.1 Å². The number of rotatable bonds is 12. The van der Waals surface area contributed by atoms with E-state index in [0.717, 1.165) is 28.5 Å². The first-order valence-electron chi connectivity index (χ1n) is 15.5. The van der Waals surface area contributed by atoms with E-state index in [2.05, 4.69) is 16.9 Å². The van der Waals surface area contributed by atoms with Gasteiger partial charge in [0, 0.05) is 10.7 Å². The number of carbonyl (C=O) groups is 3. The summed E-state index contributed by atoms with van der Waals surface area (Å²) in [7, 11) is 0. The van der Waals surface area contributed by atoms with Crippen molar-refractivity contribution < 1.29 is 19.1 Å². The Labute approximate surface area is 295 Å². The van der Waals surface area contributed by atoms with Crippen LogP contribution >= 0.6 is 23.4 Å². The lowest BCUT2D eigenvalue weighted by molar-refractivity contribution is -0.126. The maximum Gasteiger partial charge on any atom is 0.285 e. The van der Waals surface area contributed by atoms with Gasteiger partial charge in [0.2, 0.25) is 5.91 Å². The minimum Gasteiger partial charge on any atom is -0.489 e. The molecule has 4 aromatic rings. The normalized spacial score (nSPS) is 14.3. The van der Waals surface area contributed by atoms with Crippen molar-refractivity contribution in [2.75, 3.05) is 5.75 Å². The zero-order chi connectivity index (χ0) is 34.6. The molecule has 0 aliphatic carbocycles. The number of aliphatic imine (C=N–C) groups is 1. The van der Waals surface area contributed by atoms with Crippen molar-refractivity contribution >= 4 is 52.3 Å². The summed E-state index contributed by atoms with van der Waals surface area (Å²) in [6.07, 6.45) is 8.20. The Morgan fingerprint density at radius 1 is 0.939 bits per heavy atom. The maximum atomic E-state index is 14.0. The van der Waals surface area contributed by atoms with E-state index in [1.54, 1.807) is 67.6 Å². The summed E-state index contributed by atoms with van der Waals surface area (Å²) < 4.78 is 5.87. The zero-order valence-corrected chi connectivity index (χ0v) is 28.4. The van der Waals surface area contributed by atoms with Gasteiger partial charge in [-0.05, 0) is 65.6 Å². The van der Waals surface area contributed by atoms with Gasteiger partial charge in [-0.25, -0.2) is 0 Å². The number of benzene rings is 4. The Bertz CT molecular complexity index is 1880. The molecule has 0 saturated carbocycles. The van der Waals surface area contributed by atoms with Crippen molar-refractivity contribution in [1.29, 1.82) is 0 Å². The van der Waals surface area contributed by atoms with Gasteiger partial charge in [-0.3, -0.25) is 19.3 Å². The smallest absolute Gasteiger partial charge is 0.285 e. The van der Waals surface area contributed by atoms with Crippen molar-refractivity contribution in [2.24, 2.45) is 4.99 Å². The molecular formula is C40H34ClN3O4S. The summed E-state index contributed by atoms with van der Waals surface area (Å²) in [6, 6.07) is 33.4. The van der Waals surface area contributed by atoms with Gasteiger partial charge in [0.15, 0.2) is 5.17 Å². The lowest BCUT2D eigenvalue weighted by atomic mass is 9.99. The van der Waals surface area contributed by atoms with Crippen molar-refractivity contribution in [3.05, 3.63) is 179 Å². The highest BCUT2D eigenvalue weighted by atomic mass is 35.5. The van der Waals surface area contributed by atoms with E-state index in [9.17, 15) is 14.4 Å². The standard InChI is InChI=1S/C40H34ClN3O4S/c1-3-5-16-33(4-2)44-39(47)35(25-28-19-23-34(24-20-28)48-26-29-17-21-32(41)22-18-29)38(46)43-40(44)49-27-36(45)42-37(30-12-8-6-9-13-30)31-14-10-7-11-15-31/h3-25,37H,1,26-27H2,2H3,(H,42,45)/b16-5-,33-4+,35-25+. The highest BCUT2D eigenvalue weighted by Crippen LogP contribution is 2.28. The van der Waals surface area contributed by atoms with Crippen molar-refractivity contribution in [2.45, 2.75) is 19.6 Å². The number of allylic oxidation sites excluding steroid dienone is 4. The number of halogens is 1. The van der Waals surface area contributed by atoms with Crippen LogP contribution in [0.25, 0.3) is 6.08 Å². The second-order valence-corrected chi connectivity index (χ2v) is 12.2. The molecule has 0 fully saturated rings. The van der Waals surface area contributed by atoms with E-state index in [1.165, 1.54) is 11.0 Å². The van der Waals surface area contributed by atoms with Crippen molar-refractivity contribution in [3.8, 4) is 5.75 Å². The lowest BCUT2D eigenvalue weighted by Gasteiger charge is -2.28. The van der Waals surface area contributed by atoms with Crippen LogP contribution in [0.15, 0.2) is 156 Å². The van der Waals surface area contributed by atoms with Gasteiger partial charge >= 0.3 is 0 Å². The Balaban J connectivity index is 1.34. The first-order chi connectivity index (χ1) is 23.9. The van der Waals surface area contributed by atoms with Gasteiger partial charge in [-0.15, -0.1) is 0 Å². The van der Waals surface area contributed by atoms with Gasteiger partial charge in [0.05, 0.1) is 11.8 Å². The van der Waals surface area contributed by atoms with E-state index in [-0.39, 0.29) is 28.4 Å². The number of ether oxygens (including phenoxy) is 1. The summed E-state index contributed by atoms with van der Waals surface area (Å²) in [5.41, 5.74) is 3.82. The number of thioether (sulfide) groups is 1. The molecule has 4 aromatic carbocycles. The fourth-order valence-electron chi connectivity index (χ4n) is 4.97. The molecule has 0 spiro atoms. The first kappa shape index (κ1) is 34.9. The highest BCUT2D eigenvalue weighted by molar-refractivity contribution is 8.14. The van der Waals surface area contributed by atoms with Crippen LogP contribution in [-0.2, 0) is 21.0 Å². The summed E-state index contributed by atoms with van der Waals surface area (Å²) in [5, 5.41) is 3.86. The van der Waals surface area contributed by atoms with Crippen LogP contribution in [0.4, 0.5) is 0 Å². The fraction of sp³-hybridized carbons (Fsp3) is 0.100. The molecule has 1 aliphatic rings. The van der Waals surface area contributed by atoms with Crippen LogP contribution < -0.4 is 10.1 Å². The predicted octanol–water partition coefficient (Wildman–Crippen LogP) is 8.31. The molecule has 0 bridgehead atoms. The predicted molar refractivity (Wildman–Crippen MR) is 198 cm³/mol. The monoisotopic (exact) mass is 687 g/mol. The van der Waals surface area contributed by atoms with Crippen LogP contribution in [-0.4, -0.2) is 33.5 Å². The Morgan fingerprint density at radius 2 is 1.57 bits per heavy atom. The molecule has 0 aromatic heterocycles.